The van der Waals surface area contributed by atoms with E-state index in [1.165, 1.54) is 137 Å². The van der Waals surface area contributed by atoms with E-state index in [-0.39, 0.29) is 11.2 Å². The molecule has 0 aliphatic carbocycles. The van der Waals surface area contributed by atoms with Crippen molar-refractivity contribution >= 4 is 221 Å². The molecule has 7 heterocycles. The van der Waals surface area contributed by atoms with Crippen molar-refractivity contribution in [2.24, 2.45) is 0 Å². The summed E-state index contributed by atoms with van der Waals surface area (Å²) in [4.78, 5) is 21.4. The number of rotatable bonds is 6. The Hall–Kier alpha value is -13.4. The lowest BCUT2D eigenvalue weighted by molar-refractivity contribution is 0.00578. The smallest absolute Gasteiger partial charge is 0.399 e. The Morgan fingerprint density at radius 1 is 0.250 bits per heavy atom. The Morgan fingerprint density at radius 3 is 1.10 bits per heavy atom. The summed E-state index contributed by atoms with van der Waals surface area (Å²) in [5.41, 5.74) is 15.0. The van der Waals surface area contributed by atoms with Crippen molar-refractivity contribution in [2.45, 2.75) is 38.9 Å². The molecule has 0 unspecified atom stereocenters. The summed E-state index contributed by atoms with van der Waals surface area (Å²) >= 11 is 7.36. The van der Waals surface area contributed by atoms with Gasteiger partial charge in [-0.1, -0.05) is 337 Å². The summed E-state index contributed by atoms with van der Waals surface area (Å²) in [6.45, 7) is 8.36. The predicted molar refractivity (Wildman–Crippen MR) is 517 cm³/mol. The van der Waals surface area contributed by atoms with Crippen LogP contribution in [0.2, 0.25) is 0 Å². The number of thiophene rings is 2. The number of hydrogen-bond acceptors (Lipinski definition) is 8. The van der Waals surface area contributed by atoms with E-state index in [9.17, 15) is 0 Å². The van der Waals surface area contributed by atoms with E-state index in [2.05, 4.69) is 402 Å². The highest BCUT2D eigenvalue weighted by Gasteiger charge is 2.52. The van der Waals surface area contributed by atoms with Gasteiger partial charge in [-0.2, -0.15) is 0 Å². The third-order valence-electron chi connectivity index (χ3n) is 25.0. The number of nitrogens with zero attached hydrogens (tertiary/aromatic N) is 4. The van der Waals surface area contributed by atoms with Crippen LogP contribution in [-0.2, 0) is 9.31 Å². The molecule has 24 aromatic rings. The normalized spacial score (nSPS) is 13.4. The van der Waals surface area contributed by atoms with Crippen molar-refractivity contribution in [3.8, 4) is 56.2 Å². The summed E-state index contributed by atoms with van der Waals surface area (Å²) in [6, 6.07) is 130. The van der Waals surface area contributed by atoms with Gasteiger partial charge in [0.15, 0.2) is 0 Å². The molecule has 1 aliphatic heterocycles. The van der Waals surface area contributed by atoms with Gasteiger partial charge < -0.3 is 9.31 Å². The third-order valence-corrected chi connectivity index (χ3v) is 27.9. The Kier molecular flexibility index (Phi) is 17.0. The van der Waals surface area contributed by atoms with Crippen molar-refractivity contribution in [1.82, 2.24) is 19.9 Å². The molecule has 1 fully saturated rings. The minimum Gasteiger partial charge on any atom is -0.399 e. The molecule has 0 radical (unpaired) electrons. The molecule has 0 N–H and O–H groups in total. The van der Waals surface area contributed by atoms with Gasteiger partial charge in [0, 0.05) is 142 Å². The molecule has 120 heavy (non-hydrogen) atoms. The summed E-state index contributed by atoms with van der Waals surface area (Å²) in [5.74, 6) is 0. The quantitative estimate of drug-likeness (QED) is 0.122. The first-order chi connectivity index (χ1) is 58.9. The fourth-order valence-electron chi connectivity index (χ4n) is 18.4. The van der Waals surface area contributed by atoms with Crippen LogP contribution in [0.5, 0.6) is 0 Å². The molecule has 1 saturated heterocycles. The molecule has 566 valence electrons. The van der Waals surface area contributed by atoms with Crippen molar-refractivity contribution in [2.75, 3.05) is 0 Å². The second-order valence-electron chi connectivity index (χ2n) is 32.5. The SMILES string of the molecule is Brc1cccc(-c2nc3c4ccccc4ccc3c3c2ccc2ccccc23)c1.CC1(C)OB(c2ccc3c(c2)nc(-c2ccccc2)c2ccc4c5ccccc5sc4c23)OC1(C)C.c1ccc(-c2nc3cc(-c4cccc(-c5nc6c7ccccc7ccc6c6c5ccc5ccccc56)c4)ccc3c3c2ccc2c4ccccc4sc23)cc1. The molecule has 6 aromatic heterocycles. The van der Waals surface area contributed by atoms with Gasteiger partial charge in [-0.25, -0.2) is 19.9 Å². The number of hydrogen-bond donors (Lipinski definition) is 0. The van der Waals surface area contributed by atoms with Crippen LogP contribution in [0.3, 0.4) is 0 Å². The molecule has 0 saturated carbocycles. The molecule has 0 bridgehead atoms. The first-order valence-corrected chi connectivity index (χ1v) is 43.3. The van der Waals surface area contributed by atoms with Crippen LogP contribution in [0.4, 0.5) is 0 Å². The highest BCUT2D eigenvalue weighted by Crippen LogP contribution is 2.49. The van der Waals surface area contributed by atoms with E-state index >= 15 is 0 Å². The average molecular weight is 1640 g/mol. The Bertz CT molecular complexity index is 8400. The lowest BCUT2D eigenvalue weighted by Crippen LogP contribution is -2.41. The number of fused-ring (bicyclic) bond motifs is 28. The maximum Gasteiger partial charge on any atom is 0.494 e. The number of aromatic nitrogens is 4. The van der Waals surface area contributed by atoms with Gasteiger partial charge in [0.1, 0.15) is 0 Å². The fraction of sp³-hybridized carbons (Fsp3) is 0.0545. The van der Waals surface area contributed by atoms with E-state index < -0.39 is 7.12 Å². The lowest BCUT2D eigenvalue weighted by Gasteiger charge is -2.32. The first kappa shape index (κ1) is 71.9. The number of pyridine rings is 4. The van der Waals surface area contributed by atoms with Crippen LogP contribution < -0.4 is 5.46 Å². The molecule has 0 atom stereocenters. The standard InChI is InChI=1S/C52H30N2S.C31H26BNO2S.C27H16BrN/c1-2-13-33(14-3-1)49-44-28-27-40-39-19-8-9-20-46(39)55-52(40)48(44)41-24-23-35(30-45(41)53-49)34-15-10-16-36(29-34)50-42-25-21-31-11-4-6-17-37(31)47(42)43-26-22-32-12-5-7-18-38(32)51(43)54-50;1-30(2)31(3,4)35-32(34-30)20-14-15-23-25(18-20)33-28(19-10-6-5-7-11-19)24-17-16-22-21-12-8-9-13-26(21)36-29(22)27(23)24;28-20-9-5-8-19(16-20)26-23-14-12-17-6-1-3-10-21(17)25(23)24-15-13-18-7-2-4-11-22(18)27(24)29-26/h1-30H;5-18H,1-4H3;1-16H. The van der Waals surface area contributed by atoms with Crippen LogP contribution >= 0.6 is 38.6 Å². The zero-order valence-corrected chi connectivity index (χ0v) is 69.2. The van der Waals surface area contributed by atoms with Crippen LogP contribution in [0.1, 0.15) is 27.7 Å². The minimum absolute atomic E-state index is 0.387. The molecule has 0 amide bonds. The van der Waals surface area contributed by atoms with Gasteiger partial charge >= 0.3 is 7.12 Å². The monoisotopic (exact) mass is 1630 g/mol. The predicted octanol–water partition coefficient (Wildman–Crippen LogP) is 30.6. The summed E-state index contributed by atoms with van der Waals surface area (Å²) in [7, 11) is -0.419. The average Bonchev–Trinajstić information content (AvgIpc) is 1.32. The van der Waals surface area contributed by atoms with Gasteiger partial charge in [-0.3, -0.25) is 0 Å². The van der Waals surface area contributed by atoms with Crippen molar-refractivity contribution in [3.05, 3.63) is 368 Å². The third kappa shape index (κ3) is 11.9. The number of halogens is 1. The highest BCUT2D eigenvalue weighted by atomic mass is 79.9. The zero-order valence-electron chi connectivity index (χ0n) is 66.0. The van der Waals surface area contributed by atoms with Gasteiger partial charge in [0.2, 0.25) is 0 Å². The van der Waals surface area contributed by atoms with Gasteiger partial charge in [-0.15, -0.1) is 22.7 Å². The first-order valence-electron chi connectivity index (χ1n) is 40.8. The molecule has 18 aromatic carbocycles. The molecule has 6 nitrogen and oxygen atoms in total. The summed E-state index contributed by atoms with van der Waals surface area (Å²) in [5, 5.41) is 29.4. The van der Waals surface area contributed by atoms with Gasteiger partial charge in [0.25, 0.3) is 0 Å². The molecular formula is C110H72BBrN4O2S2. The van der Waals surface area contributed by atoms with E-state index in [1.807, 2.05) is 28.7 Å². The molecule has 1 aliphatic rings. The Labute approximate surface area is 708 Å². The summed E-state index contributed by atoms with van der Waals surface area (Å²) < 4.78 is 19.0. The van der Waals surface area contributed by atoms with E-state index in [0.29, 0.717) is 0 Å². The van der Waals surface area contributed by atoms with Gasteiger partial charge in [-0.05, 0) is 119 Å². The summed E-state index contributed by atoms with van der Waals surface area (Å²) in [6.07, 6.45) is 0. The van der Waals surface area contributed by atoms with Gasteiger partial charge in [0.05, 0.1) is 56.0 Å². The minimum atomic E-state index is -0.419. The van der Waals surface area contributed by atoms with E-state index in [4.69, 9.17) is 29.2 Å². The largest absolute Gasteiger partial charge is 0.494 e. The Balaban J connectivity index is 0.000000112. The van der Waals surface area contributed by atoms with Crippen molar-refractivity contribution < 1.29 is 9.31 Å². The number of benzene rings is 18. The highest BCUT2D eigenvalue weighted by molar-refractivity contribution is 9.10. The molecular weight excluding hydrogens is 1560 g/mol. The maximum absolute atomic E-state index is 6.36. The topological polar surface area (TPSA) is 70.0 Å². The lowest BCUT2D eigenvalue weighted by atomic mass is 9.78. The van der Waals surface area contributed by atoms with Crippen molar-refractivity contribution in [1.29, 1.82) is 0 Å². The molecule has 0 spiro atoms. The van der Waals surface area contributed by atoms with Crippen molar-refractivity contribution in [3.63, 3.8) is 0 Å². The van der Waals surface area contributed by atoms with Crippen LogP contribution in [0.15, 0.2) is 368 Å². The second-order valence-corrected chi connectivity index (χ2v) is 35.5. The molecule has 10 heteroatoms. The second kappa shape index (κ2) is 28.4. The van der Waals surface area contributed by atoms with E-state index in [1.54, 1.807) is 0 Å². The van der Waals surface area contributed by atoms with Crippen LogP contribution in [-0.4, -0.2) is 38.3 Å². The zero-order chi connectivity index (χ0) is 80.1. The molecule has 25 rings (SSSR count). The van der Waals surface area contributed by atoms with Crippen LogP contribution in [0, 0.1) is 0 Å². The maximum atomic E-state index is 6.36. The van der Waals surface area contributed by atoms with Crippen LogP contribution in [0.25, 0.3) is 226 Å². The fourth-order valence-corrected chi connectivity index (χ4v) is 21.4. The van der Waals surface area contributed by atoms with E-state index in [0.717, 1.165) is 98.9 Å². The Morgan fingerprint density at radius 2 is 0.600 bits per heavy atom.